The normalized spacial score (nSPS) is 10.1. The Kier molecular flexibility index (Phi) is 3.89. The van der Waals surface area contributed by atoms with E-state index < -0.39 is 0 Å². The maximum Gasteiger partial charge on any atom is 0.224 e. The van der Waals surface area contributed by atoms with Gasteiger partial charge in [-0.05, 0) is 35.4 Å². The van der Waals surface area contributed by atoms with Crippen molar-refractivity contribution in [2.75, 3.05) is 5.73 Å². The van der Waals surface area contributed by atoms with Gasteiger partial charge in [-0.2, -0.15) is 0 Å². The summed E-state index contributed by atoms with van der Waals surface area (Å²) in [6.07, 6.45) is 0. The van der Waals surface area contributed by atoms with Crippen molar-refractivity contribution in [3.8, 4) is 16.9 Å². The molecule has 0 aliphatic rings. The van der Waals surface area contributed by atoms with Gasteiger partial charge in [-0.25, -0.2) is 0 Å². The van der Waals surface area contributed by atoms with Gasteiger partial charge in [0, 0.05) is 12.6 Å². The Morgan fingerprint density at radius 2 is 1.78 bits per heavy atom. The van der Waals surface area contributed by atoms with Crippen LogP contribution in [-0.4, -0.2) is 5.12 Å². The van der Waals surface area contributed by atoms with Crippen molar-refractivity contribution in [1.82, 2.24) is 0 Å². The Labute approximate surface area is 110 Å². The number of carbonyl (C=O) groups excluding carboxylic acids is 1. The van der Waals surface area contributed by atoms with E-state index in [-0.39, 0.29) is 5.12 Å². The summed E-state index contributed by atoms with van der Waals surface area (Å²) >= 11 is 0.828. The van der Waals surface area contributed by atoms with Gasteiger partial charge in [0.2, 0.25) is 5.12 Å². The topological polar surface area (TPSA) is 52.3 Å². The van der Waals surface area contributed by atoms with Gasteiger partial charge in [0.25, 0.3) is 0 Å². The molecule has 0 fully saturated rings. The molecule has 2 rings (SSSR count). The number of hydrogen-bond acceptors (Lipinski definition) is 4. The number of hydrogen-bond donors (Lipinski definition) is 1. The Morgan fingerprint density at radius 3 is 2.44 bits per heavy atom. The van der Waals surface area contributed by atoms with Crippen LogP contribution in [-0.2, 0) is 4.79 Å². The van der Waals surface area contributed by atoms with Crippen molar-refractivity contribution < 1.29 is 8.98 Å². The first kappa shape index (κ1) is 12.5. The van der Waals surface area contributed by atoms with Crippen LogP contribution in [0.1, 0.15) is 6.92 Å². The van der Waals surface area contributed by atoms with Gasteiger partial charge in [0.05, 0.1) is 0 Å². The zero-order valence-corrected chi connectivity index (χ0v) is 10.7. The van der Waals surface area contributed by atoms with Crippen LogP contribution < -0.4 is 9.92 Å². The van der Waals surface area contributed by atoms with Crippen LogP contribution in [0.4, 0.5) is 5.69 Å². The lowest BCUT2D eigenvalue weighted by atomic mass is 10.1. The summed E-state index contributed by atoms with van der Waals surface area (Å²) in [4.78, 5) is 10.8. The number of nitrogen functional groups attached to an aromatic ring is 1. The molecule has 0 saturated heterocycles. The van der Waals surface area contributed by atoms with E-state index in [9.17, 15) is 4.79 Å². The molecule has 0 radical (unpaired) electrons. The molecule has 0 bridgehead atoms. The van der Waals surface area contributed by atoms with E-state index in [2.05, 4.69) is 0 Å². The van der Waals surface area contributed by atoms with Gasteiger partial charge in [-0.3, -0.25) is 4.79 Å². The van der Waals surface area contributed by atoms with Crippen LogP contribution in [0.5, 0.6) is 5.75 Å². The first-order chi connectivity index (χ1) is 8.65. The molecule has 0 aliphatic heterocycles. The summed E-state index contributed by atoms with van der Waals surface area (Å²) in [5.41, 5.74) is 8.50. The molecular formula is C14H13NO2S. The highest BCUT2D eigenvalue weighted by Gasteiger charge is 2.02. The second-order valence-electron chi connectivity index (χ2n) is 3.81. The molecule has 0 aromatic heterocycles. The SMILES string of the molecule is CC(=O)SOc1cccc(-c2cccc(N)c2)c1. The third kappa shape index (κ3) is 3.28. The van der Waals surface area contributed by atoms with E-state index in [1.165, 1.54) is 6.92 Å². The van der Waals surface area contributed by atoms with Crippen LogP contribution in [0.25, 0.3) is 11.1 Å². The minimum atomic E-state index is -0.0793. The van der Waals surface area contributed by atoms with E-state index >= 15 is 0 Å². The molecule has 0 heterocycles. The highest BCUT2D eigenvalue weighted by Crippen LogP contribution is 2.26. The molecule has 2 aromatic carbocycles. The molecule has 18 heavy (non-hydrogen) atoms. The average Bonchev–Trinajstić information content (AvgIpc) is 2.37. The number of benzene rings is 2. The molecule has 2 aromatic rings. The largest absolute Gasteiger partial charge is 0.418 e. The molecule has 2 N–H and O–H groups in total. The van der Waals surface area contributed by atoms with Crippen LogP contribution >= 0.6 is 12.0 Å². The molecular weight excluding hydrogens is 246 g/mol. The molecule has 3 nitrogen and oxygen atoms in total. The molecule has 0 unspecified atom stereocenters. The van der Waals surface area contributed by atoms with E-state index in [4.69, 9.17) is 9.92 Å². The van der Waals surface area contributed by atoms with Gasteiger partial charge >= 0.3 is 0 Å². The Morgan fingerprint density at radius 1 is 1.11 bits per heavy atom. The van der Waals surface area contributed by atoms with Crippen LogP contribution in [0.2, 0.25) is 0 Å². The number of nitrogens with two attached hydrogens (primary N) is 1. The van der Waals surface area contributed by atoms with Crippen LogP contribution in [0.3, 0.4) is 0 Å². The summed E-state index contributed by atoms with van der Waals surface area (Å²) in [6, 6.07) is 15.2. The fourth-order valence-electron chi connectivity index (χ4n) is 1.55. The number of anilines is 1. The van der Waals surface area contributed by atoms with Crippen molar-refractivity contribution in [2.45, 2.75) is 6.92 Å². The summed E-state index contributed by atoms with van der Waals surface area (Å²) in [6.45, 7) is 1.46. The van der Waals surface area contributed by atoms with E-state index in [0.29, 0.717) is 5.75 Å². The van der Waals surface area contributed by atoms with Gasteiger partial charge < -0.3 is 9.92 Å². The molecule has 0 spiro atoms. The zero-order chi connectivity index (χ0) is 13.0. The second kappa shape index (κ2) is 5.60. The number of carbonyl (C=O) groups is 1. The van der Waals surface area contributed by atoms with Crippen molar-refractivity contribution in [1.29, 1.82) is 0 Å². The molecule has 92 valence electrons. The van der Waals surface area contributed by atoms with Gasteiger partial charge in [-0.1, -0.05) is 24.3 Å². The predicted molar refractivity (Wildman–Crippen MR) is 75.2 cm³/mol. The standard InChI is InChI=1S/C14H13NO2S/c1-10(16)18-17-14-7-3-5-12(9-14)11-4-2-6-13(15)8-11/h2-9H,15H2,1H3. The lowest BCUT2D eigenvalue weighted by Gasteiger charge is -2.06. The van der Waals surface area contributed by atoms with E-state index in [0.717, 1.165) is 28.9 Å². The predicted octanol–water partition coefficient (Wildman–Crippen LogP) is 3.51. The molecule has 0 amide bonds. The van der Waals surface area contributed by atoms with Crippen LogP contribution in [0.15, 0.2) is 48.5 Å². The lowest BCUT2D eigenvalue weighted by Crippen LogP contribution is -1.89. The van der Waals surface area contributed by atoms with E-state index in [1.54, 1.807) is 0 Å². The highest BCUT2D eigenvalue weighted by molar-refractivity contribution is 8.09. The molecule has 4 heteroatoms. The average molecular weight is 259 g/mol. The first-order valence-corrected chi connectivity index (χ1v) is 6.20. The maximum absolute atomic E-state index is 10.8. The fraction of sp³-hybridized carbons (Fsp3) is 0.0714. The summed E-state index contributed by atoms with van der Waals surface area (Å²) < 4.78 is 5.30. The molecule has 0 saturated carbocycles. The van der Waals surface area contributed by atoms with Crippen molar-refractivity contribution in [3.05, 3.63) is 48.5 Å². The van der Waals surface area contributed by atoms with Crippen molar-refractivity contribution in [3.63, 3.8) is 0 Å². The summed E-state index contributed by atoms with van der Waals surface area (Å²) in [7, 11) is 0. The Bertz CT molecular complexity index is 569. The third-order valence-electron chi connectivity index (χ3n) is 2.31. The monoisotopic (exact) mass is 259 g/mol. The van der Waals surface area contributed by atoms with Gasteiger partial charge in [0.15, 0.2) is 0 Å². The quantitative estimate of drug-likeness (QED) is 0.677. The smallest absolute Gasteiger partial charge is 0.224 e. The number of rotatable bonds is 3. The summed E-state index contributed by atoms with van der Waals surface area (Å²) in [5.74, 6) is 0.648. The third-order valence-corrected chi connectivity index (χ3v) is 2.82. The highest BCUT2D eigenvalue weighted by atomic mass is 32.2. The Balaban J connectivity index is 2.24. The Hall–Kier alpha value is -1.94. The van der Waals surface area contributed by atoms with Crippen LogP contribution in [0, 0.1) is 0 Å². The van der Waals surface area contributed by atoms with Crippen molar-refractivity contribution >= 4 is 22.8 Å². The van der Waals surface area contributed by atoms with Gasteiger partial charge in [-0.15, -0.1) is 0 Å². The second-order valence-corrected chi connectivity index (χ2v) is 4.72. The van der Waals surface area contributed by atoms with Crippen molar-refractivity contribution in [2.24, 2.45) is 0 Å². The molecule has 0 atom stereocenters. The van der Waals surface area contributed by atoms with E-state index in [1.807, 2.05) is 48.5 Å². The molecule has 0 aliphatic carbocycles. The first-order valence-electron chi connectivity index (χ1n) is 5.46. The lowest BCUT2D eigenvalue weighted by molar-refractivity contribution is -0.109. The minimum absolute atomic E-state index is 0.0793. The fourth-order valence-corrected chi connectivity index (χ4v) is 1.87. The maximum atomic E-state index is 10.8. The summed E-state index contributed by atoms with van der Waals surface area (Å²) in [5, 5.41) is -0.0793. The zero-order valence-electron chi connectivity index (χ0n) is 9.92. The van der Waals surface area contributed by atoms with Gasteiger partial charge in [0.1, 0.15) is 17.8 Å². The minimum Gasteiger partial charge on any atom is -0.418 e.